The van der Waals surface area contributed by atoms with Gasteiger partial charge in [0.1, 0.15) is 12.4 Å². The number of para-hydroxylation sites is 1. The van der Waals surface area contributed by atoms with Crippen LogP contribution < -0.4 is 4.74 Å². The summed E-state index contributed by atoms with van der Waals surface area (Å²) in [7, 11) is 0. The fourth-order valence-corrected chi connectivity index (χ4v) is 3.94. The summed E-state index contributed by atoms with van der Waals surface area (Å²) < 4.78 is 5.88. The summed E-state index contributed by atoms with van der Waals surface area (Å²) in [6.07, 6.45) is 6.92. The molecule has 2 aliphatic rings. The average molecular weight is 287 g/mol. The molecule has 0 bridgehead atoms. The van der Waals surface area contributed by atoms with Crippen LogP contribution in [0.5, 0.6) is 5.75 Å². The van der Waals surface area contributed by atoms with Gasteiger partial charge in [-0.3, -0.25) is 9.69 Å². The first-order valence-corrected chi connectivity index (χ1v) is 8.22. The molecule has 1 aromatic rings. The number of likely N-dealkylation sites (tertiary alicyclic amines) is 1. The summed E-state index contributed by atoms with van der Waals surface area (Å²) in [6, 6.07) is 8.32. The van der Waals surface area contributed by atoms with E-state index in [0.717, 1.165) is 24.3 Å². The fraction of sp³-hybridized carbons (Fsp3) is 0.611. The van der Waals surface area contributed by atoms with Gasteiger partial charge in [0.25, 0.3) is 0 Å². The second-order valence-corrected chi connectivity index (χ2v) is 6.34. The number of hydrogen-bond donors (Lipinski definition) is 0. The third-order valence-corrected chi connectivity index (χ3v) is 5.03. The van der Waals surface area contributed by atoms with Crippen LogP contribution in [0.15, 0.2) is 24.3 Å². The molecule has 2 unspecified atom stereocenters. The van der Waals surface area contributed by atoms with Gasteiger partial charge >= 0.3 is 0 Å². The van der Waals surface area contributed by atoms with Crippen molar-refractivity contribution in [3.63, 3.8) is 0 Å². The molecule has 0 N–H and O–H groups in total. The molecule has 0 amide bonds. The highest BCUT2D eigenvalue weighted by Gasteiger charge is 2.35. The summed E-state index contributed by atoms with van der Waals surface area (Å²) in [5.41, 5.74) is 0.689. The molecule has 1 saturated carbocycles. The van der Waals surface area contributed by atoms with Crippen molar-refractivity contribution < 1.29 is 9.53 Å². The van der Waals surface area contributed by atoms with Gasteiger partial charge in [-0.1, -0.05) is 25.0 Å². The molecule has 2 fully saturated rings. The Morgan fingerprint density at radius 3 is 2.90 bits per heavy atom. The quantitative estimate of drug-likeness (QED) is 0.776. The molecule has 21 heavy (non-hydrogen) atoms. The highest BCUT2D eigenvalue weighted by atomic mass is 16.5. The highest BCUT2D eigenvalue weighted by molar-refractivity contribution is 5.96. The SMILES string of the molecule is CC(=O)c1ccccc1OCCN1CCC2CCCCC21. The Morgan fingerprint density at radius 1 is 1.24 bits per heavy atom. The molecule has 1 saturated heterocycles. The van der Waals surface area contributed by atoms with Gasteiger partial charge in [0.15, 0.2) is 5.78 Å². The van der Waals surface area contributed by atoms with E-state index in [2.05, 4.69) is 4.90 Å². The molecule has 3 nitrogen and oxygen atoms in total. The monoisotopic (exact) mass is 287 g/mol. The van der Waals surface area contributed by atoms with Crippen LogP contribution in [0.4, 0.5) is 0 Å². The Bertz CT molecular complexity index is 500. The number of carbonyl (C=O) groups excluding carboxylic acids is 1. The second kappa shape index (κ2) is 6.61. The maximum Gasteiger partial charge on any atom is 0.163 e. The largest absolute Gasteiger partial charge is 0.491 e. The highest BCUT2D eigenvalue weighted by Crippen LogP contribution is 2.35. The smallest absolute Gasteiger partial charge is 0.163 e. The van der Waals surface area contributed by atoms with Crippen LogP contribution in [0.3, 0.4) is 0 Å². The maximum atomic E-state index is 11.6. The molecular weight excluding hydrogens is 262 g/mol. The molecule has 1 aliphatic carbocycles. The van der Waals surface area contributed by atoms with Crippen molar-refractivity contribution >= 4 is 5.78 Å². The van der Waals surface area contributed by atoms with Crippen LogP contribution in [0.25, 0.3) is 0 Å². The lowest BCUT2D eigenvalue weighted by molar-refractivity contribution is 0.101. The third-order valence-electron chi connectivity index (χ3n) is 5.03. The lowest BCUT2D eigenvalue weighted by atomic mass is 9.85. The molecule has 0 spiro atoms. The Morgan fingerprint density at radius 2 is 2.05 bits per heavy atom. The minimum Gasteiger partial charge on any atom is -0.491 e. The zero-order valence-corrected chi connectivity index (χ0v) is 12.9. The summed E-state index contributed by atoms with van der Waals surface area (Å²) >= 11 is 0. The number of nitrogens with zero attached hydrogens (tertiary/aromatic N) is 1. The summed E-state index contributed by atoms with van der Waals surface area (Å²) in [4.78, 5) is 14.2. The van der Waals surface area contributed by atoms with Crippen molar-refractivity contribution in [1.82, 2.24) is 4.90 Å². The summed E-state index contributed by atoms with van der Waals surface area (Å²) in [5, 5.41) is 0. The van der Waals surface area contributed by atoms with E-state index in [0.29, 0.717) is 12.2 Å². The van der Waals surface area contributed by atoms with Crippen LogP contribution in [0.2, 0.25) is 0 Å². The van der Waals surface area contributed by atoms with E-state index >= 15 is 0 Å². The first-order valence-electron chi connectivity index (χ1n) is 8.22. The van der Waals surface area contributed by atoms with Gasteiger partial charge in [-0.15, -0.1) is 0 Å². The van der Waals surface area contributed by atoms with Gasteiger partial charge in [0, 0.05) is 12.6 Å². The van der Waals surface area contributed by atoms with Crippen LogP contribution in [-0.4, -0.2) is 36.4 Å². The molecule has 2 atom stereocenters. The predicted molar refractivity (Wildman–Crippen MR) is 83.9 cm³/mol. The number of benzene rings is 1. The van der Waals surface area contributed by atoms with Crippen molar-refractivity contribution in [3.8, 4) is 5.75 Å². The standard InChI is InChI=1S/C18H25NO2/c1-14(20)16-7-3-5-9-18(16)21-13-12-19-11-10-15-6-2-4-8-17(15)19/h3,5,7,9,15,17H,2,4,6,8,10-13H2,1H3. The minimum atomic E-state index is 0.0686. The Balaban J connectivity index is 1.53. The third kappa shape index (κ3) is 3.29. The van der Waals surface area contributed by atoms with E-state index < -0.39 is 0 Å². The molecule has 1 aliphatic heterocycles. The zero-order valence-electron chi connectivity index (χ0n) is 12.9. The van der Waals surface area contributed by atoms with Crippen LogP contribution in [-0.2, 0) is 0 Å². The molecule has 1 aromatic carbocycles. The van der Waals surface area contributed by atoms with Gasteiger partial charge in [0.05, 0.1) is 5.56 Å². The number of Topliss-reactive ketones (excluding diaryl/α,β-unsaturated/α-hetero) is 1. The van der Waals surface area contributed by atoms with E-state index in [1.54, 1.807) is 6.92 Å². The van der Waals surface area contributed by atoms with Gasteiger partial charge in [-0.25, -0.2) is 0 Å². The van der Waals surface area contributed by atoms with Crippen LogP contribution in [0, 0.1) is 5.92 Å². The first kappa shape index (κ1) is 14.6. The molecule has 3 rings (SSSR count). The second-order valence-electron chi connectivity index (χ2n) is 6.34. The van der Waals surface area contributed by atoms with E-state index in [1.165, 1.54) is 38.6 Å². The topological polar surface area (TPSA) is 29.5 Å². The number of ketones is 1. The van der Waals surface area contributed by atoms with Crippen molar-refractivity contribution in [1.29, 1.82) is 0 Å². The van der Waals surface area contributed by atoms with Crippen molar-refractivity contribution in [2.24, 2.45) is 5.92 Å². The molecule has 3 heteroatoms. The van der Waals surface area contributed by atoms with E-state index in [1.807, 2.05) is 24.3 Å². The van der Waals surface area contributed by atoms with Crippen molar-refractivity contribution in [2.75, 3.05) is 19.7 Å². The first-order chi connectivity index (χ1) is 10.3. The van der Waals surface area contributed by atoms with Crippen molar-refractivity contribution in [2.45, 2.75) is 45.1 Å². The summed E-state index contributed by atoms with van der Waals surface area (Å²) in [6.45, 7) is 4.46. The van der Waals surface area contributed by atoms with Crippen molar-refractivity contribution in [3.05, 3.63) is 29.8 Å². The average Bonchev–Trinajstić information content (AvgIpc) is 2.91. The lowest BCUT2D eigenvalue weighted by Crippen LogP contribution is -2.37. The van der Waals surface area contributed by atoms with Gasteiger partial charge < -0.3 is 4.74 Å². The molecule has 1 heterocycles. The number of rotatable bonds is 5. The Hall–Kier alpha value is -1.35. The van der Waals surface area contributed by atoms with Gasteiger partial charge in [-0.2, -0.15) is 0 Å². The number of fused-ring (bicyclic) bond motifs is 1. The Labute approximate surface area is 127 Å². The van der Waals surface area contributed by atoms with E-state index in [9.17, 15) is 4.79 Å². The van der Waals surface area contributed by atoms with E-state index in [-0.39, 0.29) is 5.78 Å². The molecular formula is C18H25NO2. The Kier molecular flexibility index (Phi) is 4.59. The maximum absolute atomic E-state index is 11.6. The summed E-state index contributed by atoms with van der Waals surface area (Å²) in [5.74, 6) is 1.71. The van der Waals surface area contributed by atoms with Crippen LogP contribution >= 0.6 is 0 Å². The van der Waals surface area contributed by atoms with E-state index in [4.69, 9.17) is 4.74 Å². The number of carbonyl (C=O) groups is 1. The molecule has 114 valence electrons. The van der Waals surface area contributed by atoms with Gasteiger partial charge in [0.2, 0.25) is 0 Å². The fourth-order valence-electron chi connectivity index (χ4n) is 3.94. The number of ether oxygens (including phenoxy) is 1. The van der Waals surface area contributed by atoms with Crippen LogP contribution in [0.1, 0.15) is 49.4 Å². The molecule has 0 aromatic heterocycles. The molecule has 0 radical (unpaired) electrons. The lowest BCUT2D eigenvalue weighted by Gasteiger charge is -2.31. The minimum absolute atomic E-state index is 0.0686. The normalized spacial score (nSPS) is 25.6. The predicted octanol–water partition coefficient (Wildman–Crippen LogP) is 3.53. The number of hydrogen-bond acceptors (Lipinski definition) is 3. The van der Waals surface area contributed by atoms with Gasteiger partial charge in [-0.05, 0) is 50.8 Å². The zero-order chi connectivity index (χ0) is 14.7.